The van der Waals surface area contributed by atoms with Crippen LogP contribution in [0.2, 0.25) is 0 Å². The molecule has 0 saturated heterocycles. The average molecular weight is 358 g/mol. The molecule has 1 aliphatic carbocycles. The van der Waals surface area contributed by atoms with Gasteiger partial charge >= 0.3 is 5.97 Å². The highest BCUT2D eigenvalue weighted by molar-refractivity contribution is 8.03. The van der Waals surface area contributed by atoms with Crippen LogP contribution in [0.5, 0.6) is 0 Å². The quantitative estimate of drug-likeness (QED) is 0.809. The molecule has 2 heterocycles. The summed E-state index contributed by atoms with van der Waals surface area (Å²) in [5.74, 6) is -0.155. The minimum Gasteiger partial charge on any atom is -0.468 e. The van der Waals surface area contributed by atoms with Crippen molar-refractivity contribution in [2.75, 3.05) is 12.4 Å². The van der Waals surface area contributed by atoms with E-state index in [1.54, 1.807) is 19.1 Å². The number of Topliss-reactive ketones (excluding diaryl/α,β-unsaturated/α-hetero) is 1. The molecule has 130 valence electrons. The van der Waals surface area contributed by atoms with E-state index in [4.69, 9.17) is 9.15 Å². The summed E-state index contributed by atoms with van der Waals surface area (Å²) >= 11 is 1.22. The SMILES string of the molecule is CCOC(=O)CSC1=C(C#N)C(c2ccco2)C2=C(CCCC2=O)N1. The van der Waals surface area contributed by atoms with Gasteiger partial charge in [0.2, 0.25) is 0 Å². The normalized spacial score (nSPS) is 20.0. The van der Waals surface area contributed by atoms with Crippen molar-refractivity contribution in [1.29, 1.82) is 5.26 Å². The lowest BCUT2D eigenvalue weighted by Gasteiger charge is -2.32. The number of hydrogen-bond donors (Lipinski definition) is 1. The Morgan fingerprint density at radius 1 is 1.52 bits per heavy atom. The second-order valence-electron chi connectivity index (χ2n) is 5.69. The molecule has 0 fully saturated rings. The topological polar surface area (TPSA) is 92.3 Å². The molecule has 0 saturated carbocycles. The number of carbonyl (C=O) groups excluding carboxylic acids is 2. The van der Waals surface area contributed by atoms with Crippen LogP contribution in [0.25, 0.3) is 0 Å². The van der Waals surface area contributed by atoms with Crippen molar-refractivity contribution >= 4 is 23.5 Å². The van der Waals surface area contributed by atoms with E-state index in [0.29, 0.717) is 35.0 Å². The first-order chi connectivity index (χ1) is 12.2. The smallest absolute Gasteiger partial charge is 0.316 e. The van der Waals surface area contributed by atoms with Crippen molar-refractivity contribution in [1.82, 2.24) is 5.32 Å². The molecule has 1 unspecified atom stereocenters. The average Bonchev–Trinajstić information content (AvgIpc) is 3.13. The number of ketones is 1. The highest BCUT2D eigenvalue weighted by Gasteiger charge is 2.38. The molecular formula is C18H18N2O4S. The molecule has 0 bridgehead atoms. The number of hydrogen-bond acceptors (Lipinski definition) is 7. The lowest BCUT2D eigenvalue weighted by atomic mass is 9.79. The zero-order chi connectivity index (χ0) is 17.8. The number of furan rings is 1. The Kier molecular flexibility index (Phi) is 5.29. The highest BCUT2D eigenvalue weighted by Crippen LogP contribution is 2.44. The molecule has 6 nitrogen and oxygen atoms in total. The zero-order valence-corrected chi connectivity index (χ0v) is 14.6. The molecule has 1 aliphatic heterocycles. The molecule has 3 rings (SSSR count). The van der Waals surface area contributed by atoms with E-state index in [1.807, 2.05) is 0 Å². The third-order valence-electron chi connectivity index (χ3n) is 4.13. The standard InChI is InChI=1S/C18H18N2O4S/c1-2-23-15(22)10-25-18-11(9-19)16(14-7-4-8-24-14)17-12(20-18)5-3-6-13(17)21/h4,7-8,16,20H,2-3,5-6,10H2,1H3. The summed E-state index contributed by atoms with van der Waals surface area (Å²) in [5.41, 5.74) is 1.83. The third-order valence-corrected chi connectivity index (χ3v) is 5.12. The van der Waals surface area contributed by atoms with Gasteiger partial charge in [-0.15, -0.1) is 0 Å². The number of nitriles is 1. The third kappa shape index (κ3) is 3.49. The van der Waals surface area contributed by atoms with E-state index in [2.05, 4.69) is 11.4 Å². The predicted molar refractivity (Wildman–Crippen MR) is 92.2 cm³/mol. The molecule has 1 aromatic heterocycles. The van der Waals surface area contributed by atoms with Crippen LogP contribution in [0.1, 0.15) is 37.9 Å². The van der Waals surface area contributed by atoms with E-state index in [1.165, 1.54) is 18.0 Å². The number of esters is 1. The van der Waals surface area contributed by atoms with Crippen LogP contribution in [0.4, 0.5) is 0 Å². The van der Waals surface area contributed by atoms with Gasteiger partial charge in [0.25, 0.3) is 0 Å². The molecule has 2 aliphatic rings. The van der Waals surface area contributed by atoms with Crippen molar-refractivity contribution in [3.8, 4) is 6.07 Å². The summed E-state index contributed by atoms with van der Waals surface area (Å²) in [7, 11) is 0. The van der Waals surface area contributed by atoms with Gasteiger partial charge in [-0.3, -0.25) is 9.59 Å². The molecule has 1 aromatic rings. The van der Waals surface area contributed by atoms with Crippen LogP contribution < -0.4 is 5.32 Å². The van der Waals surface area contributed by atoms with Gasteiger partial charge in [-0.05, 0) is 31.9 Å². The van der Waals surface area contributed by atoms with Gasteiger partial charge in [0.15, 0.2) is 5.78 Å². The fourth-order valence-electron chi connectivity index (χ4n) is 3.11. The van der Waals surface area contributed by atoms with E-state index in [-0.39, 0.29) is 17.5 Å². The summed E-state index contributed by atoms with van der Waals surface area (Å²) in [6.07, 6.45) is 3.51. The molecule has 1 N–H and O–H groups in total. The number of nitrogens with zero attached hydrogens (tertiary/aromatic N) is 1. The summed E-state index contributed by atoms with van der Waals surface area (Å²) in [5, 5.41) is 13.5. The first-order valence-electron chi connectivity index (χ1n) is 8.15. The number of carbonyl (C=O) groups is 2. The van der Waals surface area contributed by atoms with E-state index < -0.39 is 5.92 Å². The molecule has 0 spiro atoms. The van der Waals surface area contributed by atoms with Gasteiger partial charge in [-0.1, -0.05) is 11.8 Å². The van der Waals surface area contributed by atoms with Crippen LogP contribution >= 0.6 is 11.8 Å². The van der Waals surface area contributed by atoms with Gasteiger partial charge in [-0.25, -0.2) is 0 Å². The Bertz CT molecular complexity index is 786. The van der Waals surface area contributed by atoms with Crippen molar-refractivity contribution in [3.63, 3.8) is 0 Å². The van der Waals surface area contributed by atoms with Gasteiger partial charge in [0.1, 0.15) is 5.76 Å². The van der Waals surface area contributed by atoms with Crippen molar-refractivity contribution < 1.29 is 18.7 Å². The maximum absolute atomic E-state index is 12.5. The van der Waals surface area contributed by atoms with Gasteiger partial charge < -0.3 is 14.5 Å². The Balaban J connectivity index is 1.97. The fourth-order valence-corrected chi connectivity index (χ4v) is 3.97. The highest BCUT2D eigenvalue weighted by atomic mass is 32.2. The van der Waals surface area contributed by atoms with Crippen molar-refractivity contribution in [2.24, 2.45) is 0 Å². The predicted octanol–water partition coefficient (Wildman–Crippen LogP) is 3.00. The monoisotopic (exact) mass is 358 g/mol. The summed E-state index contributed by atoms with van der Waals surface area (Å²) < 4.78 is 10.5. The van der Waals surface area contributed by atoms with Crippen LogP contribution in [0.15, 0.2) is 44.7 Å². The van der Waals surface area contributed by atoms with E-state index in [0.717, 1.165) is 18.5 Å². The van der Waals surface area contributed by atoms with E-state index in [9.17, 15) is 14.9 Å². The number of rotatable bonds is 5. The number of ether oxygens (including phenoxy) is 1. The van der Waals surface area contributed by atoms with Crippen LogP contribution in [-0.4, -0.2) is 24.1 Å². The molecule has 0 aromatic carbocycles. The Morgan fingerprint density at radius 2 is 2.36 bits per heavy atom. The molecule has 1 atom stereocenters. The van der Waals surface area contributed by atoms with Gasteiger partial charge in [0.05, 0.1) is 41.2 Å². The summed E-state index contributed by atoms with van der Waals surface area (Å²) in [6.45, 7) is 2.06. The largest absolute Gasteiger partial charge is 0.468 e. The van der Waals surface area contributed by atoms with Gasteiger partial charge in [-0.2, -0.15) is 5.26 Å². The number of nitrogens with one attached hydrogen (secondary N) is 1. The summed E-state index contributed by atoms with van der Waals surface area (Å²) in [6, 6.07) is 5.71. The first kappa shape index (κ1) is 17.4. The maximum Gasteiger partial charge on any atom is 0.316 e. The molecule has 0 radical (unpaired) electrons. The van der Waals surface area contributed by atoms with E-state index >= 15 is 0 Å². The second-order valence-corrected chi connectivity index (χ2v) is 6.68. The van der Waals surface area contributed by atoms with Crippen LogP contribution in [-0.2, 0) is 14.3 Å². The first-order valence-corrected chi connectivity index (χ1v) is 9.13. The Morgan fingerprint density at radius 3 is 3.04 bits per heavy atom. The van der Waals surface area contributed by atoms with Crippen molar-refractivity contribution in [2.45, 2.75) is 32.1 Å². The van der Waals surface area contributed by atoms with Crippen LogP contribution in [0, 0.1) is 11.3 Å². The van der Waals surface area contributed by atoms with Gasteiger partial charge in [0, 0.05) is 17.7 Å². The molecular weight excluding hydrogens is 340 g/mol. The second kappa shape index (κ2) is 7.62. The molecule has 7 heteroatoms. The molecule has 25 heavy (non-hydrogen) atoms. The fraction of sp³-hybridized carbons (Fsp3) is 0.389. The lowest BCUT2D eigenvalue weighted by Crippen LogP contribution is -2.31. The number of dihydropyridines is 1. The number of allylic oxidation sites excluding steroid dienone is 3. The maximum atomic E-state index is 12.5. The van der Waals surface area contributed by atoms with Crippen molar-refractivity contribution in [3.05, 3.63) is 46.0 Å². The van der Waals surface area contributed by atoms with Crippen LogP contribution in [0.3, 0.4) is 0 Å². The molecule has 0 amide bonds. The lowest BCUT2D eigenvalue weighted by molar-refractivity contribution is -0.139. The minimum atomic E-state index is -0.520. The Hall–Kier alpha value is -2.46. The Labute approximate surface area is 149 Å². The minimum absolute atomic E-state index is 0.0392. The summed E-state index contributed by atoms with van der Waals surface area (Å²) in [4.78, 5) is 24.2. The zero-order valence-electron chi connectivity index (χ0n) is 13.8. The number of thioether (sulfide) groups is 1.